The number of amides is 1. The summed E-state index contributed by atoms with van der Waals surface area (Å²) in [6, 6.07) is 7.21. The first-order chi connectivity index (χ1) is 12.7. The molecule has 0 aliphatic carbocycles. The van der Waals surface area contributed by atoms with Gasteiger partial charge in [-0.25, -0.2) is 4.68 Å². The third-order valence-corrected chi connectivity index (χ3v) is 4.49. The lowest BCUT2D eigenvalue weighted by Gasteiger charge is -2.16. The van der Waals surface area contributed by atoms with Crippen LogP contribution in [0.5, 0.6) is 5.75 Å². The third-order valence-electron chi connectivity index (χ3n) is 4.49. The van der Waals surface area contributed by atoms with Gasteiger partial charge in [-0.2, -0.15) is 0 Å². The summed E-state index contributed by atoms with van der Waals surface area (Å²) in [5, 5.41) is 14.2. The Bertz CT molecular complexity index is 932. The van der Waals surface area contributed by atoms with Gasteiger partial charge in [0.1, 0.15) is 17.4 Å². The van der Waals surface area contributed by atoms with Crippen LogP contribution in [-0.2, 0) is 13.6 Å². The van der Waals surface area contributed by atoms with Gasteiger partial charge in [-0.15, -0.1) is 5.10 Å². The Morgan fingerprint density at radius 2 is 2.35 bits per heavy atom. The summed E-state index contributed by atoms with van der Waals surface area (Å²) in [5.41, 5.74) is 3.06. The molecule has 3 heterocycles. The Morgan fingerprint density at radius 1 is 1.42 bits per heavy atom. The summed E-state index contributed by atoms with van der Waals surface area (Å²) in [7, 11) is 1.80. The van der Waals surface area contributed by atoms with Crippen molar-refractivity contribution in [2.75, 3.05) is 13.1 Å². The number of rotatable bonds is 5. The van der Waals surface area contributed by atoms with Gasteiger partial charge in [0.2, 0.25) is 0 Å². The average molecular weight is 352 g/mol. The molecule has 134 valence electrons. The maximum Gasteiger partial charge on any atom is 0.251 e. The van der Waals surface area contributed by atoms with Gasteiger partial charge in [-0.3, -0.25) is 9.78 Å². The number of nitrogens with zero attached hydrogens (tertiary/aromatic N) is 4. The molecule has 1 amide bonds. The van der Waals surface area contributed by atoms with Crippen molar-refractivity contribution in [2.24, 2.45) is 7.05 Å². The Labute approximate surface area is 150 Å². The van der Waals surface area contributed by atoms with Crippen molar-refractivity contribution in [1.29, 1.82) is 0 Å². The van der Waals surface area contributed by atoms with E-state index in [0.717, 1.165) is 36.1 Å². The first kappa shape index (κ1) is 16.5. The van der Waals surface area contributed by atoms with Crippen molar-refractivity contribution >= 4 is 16.9 Å². The van der Waals surface area contributed by atoms with Crippen molar-refractivity contribution in [2.45, 2.75) is 19.1 Å². The van der Waals surface area contributed by atoms with Crippen LogP contribution in [0, 0.1) is 0 Å². The van der Waals surface area contributed by atoms with Gasteiger partial charge >= 0.3 is 0 Å². The van der Waals surface area contributed by atoms with Crippen molar-refractivity contribution < 1.29 is 9.53 Å². The molecule has 2 aromatic heterocycles. The zero-order chi connectivity index (χ0) is 17.9. The minimum Gasteiger partial charge on any atom is -0.487 e. The SMILES string of the molecule is Cn1nnc2ccc(C(=O)NCc3ccncc3O[C@H]3CCNC3)cc21. The lowest BCUT2D eigenvalue weighted by Crippen LogP contribution is -2.24. The molecule has 1 aromatic carbocycles. The van der Waals surface area contributed by atoms with E-state index < -0.39 is 0 Å². The summed E-state index contributed by atoms with van der Waals surface area (Å²) in [4.78, 5) is 16.7. The molecule has 8 heteroatoms. The molecule has 1 atom stereocenters. The summed E-state index contributed by atoms with van der Waals surface area (Å²) in [6.45, 7) is 2.17. The molecule has 8 nitrogen and oxygen atoms in total. The summed E-state index contributed by atoms with van der Waals surface area (Å²) >= 11 is 0. The van der Waals surface area contributed by atoms with Crippen LogP contribution in [0.25, 0.3) is 11.0 Å². The highest BCUT2D eigenvalue weighted by Crippen LogP contribution is 2.20. The number of hydrogen-bond donors (Lipinski definition) is 2. The molecule has 1 saturated heterocycles. The predicted octanol–water partition coefficient (Wildman–Crippen LogP) is 1.03. The number of hydrogen-bond acceptors (Lipinski definition) is 6. The summed E-state index contributed by atoms with van der Waals surface area (Å²) in [6.07, 6.45) is 4.52. The lowest BCUT2D eigenvalue weighted by atomic mass is 10.1. The predicted molar refractivity (Wildman–Crippen MR) is 95.8 cm³/mol. The van der Waals surface area contributed by atoms with Crippen LogP contribution in [0.1, 0.15) is 22.3 Å². The molecular weight excluding hydrogens is 332 g/mol. The van der Waals surface area contributed by atoms with Gasteiger partial charge in [0.15, 0.2) is 0 Å². The van der Waals surface area contributed by atoms with Crippen LogP contribution in [0.2, 0.25) is 0 Å². The number of pyridine rings is 1. The molecule has 1 fully saturated rings. The minimum absolute atomic E-state index is 0.147. The van der Waals surface area contributed by atoms with Gasteiger partial charge in [0.05, 0.1) is 11.7 Å². The van der Waals surface area contributed by atoms with Crippen molar-refractivity contribution in [3.05, 3.63) is 47.8 Å². The van der Waals surface area contributed by atoms with Crippen LogP contribution < -0.4 is 15.4 Å². The Hall–Kier alpha value is -3.00. The molecule has 4 rings (SSSR count). The minimum atomic E-state index is -0.154. The fraction of sp³-hybridized carbons (Fsp3) is 0.333. The maximum absolute atomic E-state index is 12.5. The smallest absolute Gasteiger partial charge is 0.251 e. The van der Waals surface area contributed by atoms with E-state index in [0.29, 0.717) is 17.9 Å². The molecule has 0 unspecified atom stereocenters. The highest BCUT2D eigenvalue weighted by molar-refractivity contribution is 5.97. The average Bonchev–Trinajstić information content (AvgIpc) is 3.30. The zero-order valence-electron chi connectivity index (χ0n) is 14.5. The fourth-order valence-electron chi connectivity index (χ4n) is 3.02. The number of fused-ring (bicyclic) bond motifs is 1. The van der Waals surface area contributed by atoms with Gasteiger partial charge in [0, 0.05) is 37.5 Å². The maximum atomic E-state index is 12.5. The second-order valence-electron chi connectivity index (χ2n) is 6.32. The fourth-order valence-corrected chi connectivity index (χ4v) is 3.02. The Kier molecular flexibility index (Phi) is 4.49. The monoisotopic (exact) mass is 352 g/mol. The first-order valence-corrected chi connectivity index (χ1v) is 8.58. The molecule has 0 bridgehead atoms. The Morgan fingerprint density at radius 3 is 3.19 bits per heavy atom. The second-order valence-corrected chi connectivity index (χ2v) is 6.32. The molecule has 2 N–H and O–H groups in total. The van der Waals surface area contributed by atoms with E-state index in [-0.39, 0.29) is 12.0 Å². The topological polar surface area (TPSA) is 94.0 Å². The van der Waals surface area contributed by atoms with Gasteiger partial charge in [0.25, 0.3) is 5.91 Å². The molecular formula is C18H20N6O2. The van der Waals surface area contributed by atoms with Crippen LogP contribution >= 0.6 is 0 Å². The zero-order valence-corrected chi connectivity index (χ0v) is 14.5. The molecule has 26 heavy (non-hydrogen) atoms. The number of aromatic nitrogens is 4. The number of carbonyl (C=O) groups is 1. The molecule has 1 aliphatic rings. The van der Waals surface area contributed by atoms with Crippen molar-refractivity contribution in [1.82, 2.24) is 30.6 Å². The quantitative estimate of drug-likeness (QED) is 0.712. The van der Waals surface area contributed by atoms with Crippen molar-refractivity contribution in [3.63, 3.8) is 0 Å². The molecule has 3 aromatic rings. The van der Waals surface area contributed by atoms with Gasteiger partial charge in [-0.1, -0.05) is 5.21 Å². The van der Waals surface area contributed by atoms with Crippen molar-refractivity contribution in [3.8, 4) is 5.75 Å². The van der Waals surface area contributed by atoms with E-state index in [9.17, 15) is 4.79 Å². The third kappa shape index (κ3) is 3.36. The summed E-state index contributed by atoms with van der Waals surface area (Å²) < 4.78 is 7.66. The largest absolute Gasteiger partial charge is 0.487 e. The van der Waals surface area contributed by atoms with E-state index >= 15 is 0 Å². The van der Waals surface area contributed by atoms with E-state index in [1.807, 2.05) is 6.07 Å². The number of benzene rings is 1. The van der Waals surface area contributed by atoms with E-state index in [1.165, 1.54) is 0 Å². The standard InChI is InChI=1S/C18H20N6O2/c1-24-16-8-12(2-3-15(16)22-23-24)18(25)21-9-13-4-6-20-11-17(13)26-14-5-7-19-10-14/h2-4,6,8,11,14,19H,5,7,9-10H2,1H3,(H,21,25)/t14-/m0/s1. The van der Waals surface area contributed by atoms with Crippen LogP contribution in [0.3, 0.4) is 0 Å². The van der Waals surface area contributed by atoms with E-state index in [1.54, 1.807) is 42.3 Å². The van der Waals surface area contributed by atoms with Crippen LogP contribution in [-0.4, -0.2) is 45.1 Å². The van der Waals surface area contributed by atoms with Crippen LogP contribution in [0.15, 0.2) is 36.7 Å². The molecule has 0 spiro atoms. The number of carbonyl (C=O) groups excluding carboxylic acids is 1. The number of ether oxygens (including phenoxy) is 1. The second kappa shape index (κ2) is 7.09. The number of aryl methyl sites for hydroxylation is 1. The van der Waals surface area contributed by atoms with Crippen LogP contribution in [0.4, 0.5) is 0 Å². The van der Waals surface area contributed by atoms with Gasteiger partial charge < -0.3 is 15.4 Å². The molecule has 1 aliphatic heterocycles. The Balaban J connectivity index is 1.46. The molecule has 0 radical (unpaired) electrons. The normalized spacial score (nSPS) is 16.7. The van der Waals surface area contributed by atoms with E-state index in [2.05, 4.69) is 25.9 Å². The molecule has 0 saturated carbocycles. The highest BCUT2D eigenvalue weighted by Gasteiger charge is 2.18. The summed E-state index contributed by atoms with van der Waals surface area (Å²) in [5.74, 6) is 0.561. The first-order valence-electron chi connectivity index (χ1n) is 8.58. The van der Waals surface area contributed by atoms with Gasteiger partial charge in [-0.05, 0) is 37.2 Å². The van der Waals surface area contributed by atoms with E-state index in [4.69, 9.17) is 4.74 Å². The lowest BCUT2D eigenvalue weighted by molar-refractivity contribution is 0.0950. The number of nitrogens with one attached hydrogen (secondary N) is 2. The highest BCUT2D eigenvalue weighted by atomic mass is 16.5.